The summed E-state index contributed by atoms with van der Waals surface area (Å²) in [5.74, 6) is 0.0185. The van der Waals surface area contributed by atoms with Crippen molar-refractivity contribution in [2.45, 2.75) is 33.0 Å². The van der Waals surface area contributed by atoms with Crippen LogP contribution in [0.1, 0.15) is 25.0 Å². The van der Waals surface area contributed by atoms with Gasteiger partial charge >= 0.3 is 0 Å². The Balaban J connectivity index is 2.30. The first-order valence-electron chi connectivity index (χ1n) is 5.87. The SMILES string of the molecule is CC(C)C(=O)N1Cc2ccccc2CC1N=N. The fourth-order valence-electron chi connectivity index (χ4n) is 2.18. The molecular weight excluding hydrogens is 214 g/mol. The zero-order valence-electron chi connectivity index (χ0n) is 10.2. The van der Waals surface area contributed by atoms with Crippen molar-refractivity contribution in [2.24, 2.45) is 11.0 Å². The molecule has 0 radical (unpaired) electrons. The maximum Gasteiger partial charge on any atom is 0.227 e. The number of carbonyl (C=O) groups excluding carboxylic acids is 1. The molecule has 17 heavy (non-hydrogen) atoms. The highest BCUT2D eigenvalue weighted by atomic mass is 16.2. The van der Waals surface area contributed by atoms with Crippen LogP contribution in [0.25, 0.3) is 0 Å². The summed E-state index contributed by atoms with van der Waals surface area (Å²) in [6.07, 6.45) is 0.317. The number of amides is 1. The van der Waals surface area contributed by atoms with Gasteiger partial charge in [0.1, 0.15) is 6.17 Å². The highest BCUT2D eigenvalue weighted by Crippen LogP contribution is 2.25. The molecule has 0 saturated heterocycles. The molecule has 0 saturated carbocycles. The quantitative estimate of drug-likeness (QED) is 0.781. The summed E-state index contributed by atoms with van der Waals surface area (Å²) in [5.41, 5.74) is 9.60. The van der Waals surface area contributed by atoms with Gasteiger partial charge < -0.3 is 4.90 Å². The van der Waals surface area contributed by atoms with E-state index in [2.05, 4.69) is 5.11 Å². The number of benzene rings is 1. The molecular formula is C13H17N3O. The lowest BCUT2D eigenvalue weighted by Crippen LogP contribution is -2.44. The Hall–Kier alpha value is -1.71. The minimum atomic E-state index is -0.334. The van der Waals surface area contributed by atoms with Gasteiger partial charge in [-0.05, 0) is 11.1 Å². The molecule has 0 spiro atoms. The van der Waals surface area contributed by atoms with Crippen LogP contribution in [0.3, 0.4) is 0 Å². The van der Waals surface area contributed by atoms with Crippen LogP contribution in [0, 0.1) is 11.4 Å². The fraction of sp³-hybridized carbons (Fsp3) is 0.462. The Labute approximate surface area is 101 Å². The lowest BCUT2D eigenvalue weighted by molar-refractivity contribution is -0.138. The zero-order valence-corrected chi connectivity index (χ0v) is 10.2. The summed E-state index contributed by atoms with van der Waals surface area (Å²) >= 11 is 0. The van der Waals surface area contributed by atoms with E-state index in [1.165, 1.54) is 11.1 Å². The molecule has 1 amide bonds. The largest absolute Gasteiger partial charge is 0.314 e. The van der Waals surface area contributed by atoms with Gasteiger partial charge in [0.2, 0.25) is 5.91 Å². The van der Waals surface area contributed by atoms with Crippen LogP contribution in [0.15, 0.2) is 29.4 Å². The molecule has 1 heterocycles. The predicted molar refractivity (Wildman–Crippen MR) is 64.5 cm³/mol. The number of fused-ring (bicyclic) bond motifs is 1. The van der Waals surface area contributed by atoms with Gasteiger partial charge in [-0.1, -0.05) is 38.1 Å². The van der Waals surface area contributed by atoms with E-state index in [1.807, 2.05) is 38.1 Å². The molecule has 1 aromatic rings. The number of rotatable bonds is 2. The van der Waals surface area contributed by atoms with Crippen molar-refractivity contribution in [3.05, 3.63) is 35.4 Å². The van der Waals surface area contributed by atoms with Gasteiger partial charge in [0.15, 0.2) is 0 Å². The van der Waals surface area contributed by atoms with Crippen molar-refractivity contribution in [3.63, 3.8) is 0 Å². The molecule has 0 bridgehead atoms. The van der Waals surface area contributed by atoms with Crippen molar-refractivity contribution in [1.29, 1.82) is 5.53 Å². The van der Waals surface area contributed by atoms with Crippen LogP contribution < -0.4 is 0 Å². The standard InChI is InChI=1S/C13H17N3O/c1-9(2)13(17)16-8-11-6-4-3-5-10(11)7-12(16)15-14/h3-6,9,12,14H,7-8H2,1-2H3. The van der Waals surface area contributed by atoms with E-state index in [0.717, 1.165) is 0 Å². The predicted octanol–water partition coefficient (Wildman–Crippen LogP) is 2.58. The van der Waals surface area contributed by atoms with Gasteiger partial charge in [0.25, 0.3) is 0 Å². The average Bonchev–Trinajstić information content (AvgIpc) is 2.36. The van der Waals surface area contributed by atoms with Crippen molar-refractivity contribution < 1.29 is 4.79 Å². The molecule has 0 aromatic heterocycles. The van der Waals surface area contributed by atoms with E-state index in [0.29, 0.717) is 13.0 Å². The second-order valence-corrected chi connectivity index (χ2v) is 4.70. The third-order valence-corrected chi connectivity index (χ3v) is 3.15. The van der Waals surface area contributed by atoms with Crippen LogP contribution >= 0.6 is 0 Å². The van der Waals surface area contributed by atoms with E-state index < -0.39 is 0 Å². The molecule has 1 atom stereocenters. The van der Waals surface area contributed by atoms with Crippen LogP contribution in [0.2, 0.25) is 0 Å². The zero-order chi connectivity index (χ0) is 12.4. The second-order valence-electron chi connectivity index (χ2n) is 4.70. The van der Waals surface area contributed by atoms with Gasteiger partial charge in [0.05, 0.1) is 0 Å². The number of nitrogens with zero attached hydrogens (tertiary/aromatic N) is 2. The van der Waals surface area contributed by atoms with Crippen LogP contribution in [-0.2, 0) is 17.8 Å². The van der Waals surface area contributed by atoms with Crippen LogP contribution in [0.5, 0.6) is 0 Å². The Morgan fingerprint density at radius 1 is 1.41 bits per heavy atom. The van der Waals surface area contributed by atoms with E-state index in [9.17, 15) is 4.79 Å². The Morgan fingerprint density at radius 2 is 2.06 bits per heavy atom. The summed E-state index contributed by atoms with van der Waals surface area (Å²) in [5, 5.41) is 3.59. The van der Waals surface area contributed by atoms with Crippen molar-refractivity contribution >= 4 is 5.91 Å². The molecule has 4 heteroatoms. The summed E-state index contributed by atoms with van der Waals surface area (Å²) in [4.78, 5) is 13.8. The molecule has 1 aliphatic heterocycles. The van der Waals surface area contributed by atoms with Gasteiger partial charge in [-0.15, -0.1) is 0 Å². The van der Waals surface area contributed by atoms with Gasteiger partial charge in [0, 0.05) is 18.9 Å². The monoisotopic (exact) mass is 231 g/mol. The molecule has 90 valence electrons. The molecule has 4 nitrogen and oxygen atoms in total. The summed E-state index contributed by atoms with van der Waals surface area (Å²) in [6.45, 7) is 4.33. The molecule has 0 fully saturated rings. The first-order chi connectivity index (χ1) is 8.13. The molecule has 1 unspecified atom stereocenters. The molecule has 0 aliphatic carbocycles. The highest BCUT2D eigenvalue weighted by molar-refractivity contribution is 5.78. The van der Waals surface area contributed by atoms with Gasteiger partial charge in [-0.2, -0.15) is 5.11 Å². The van der Waals surface area contributed by atoms with E-state index in [-0.39, 0.29) is 18.0 Å². The highest BCUT2D eigenvalue weighted by Gasteiger charge is 2.30. The van der Waals surface area contributed by atoms with E-state index in [4.69, 9.17) is 5.53 Å². The maximum absolute atomic E-state index is 12.1. The third-order valence-electron chi connectivity index (χ3n) is 3.15. The lowest BCUT2D eigenvalue weighted by Gasteiger charge is -2.34. The topological polar surface area (TPSA) is 56.5 Å². The molecule has 2 rings (SSSR count). The van der Waals surface area contributed by atoms with Gasteiger partial charge in [-0.3, -0.25) is 4.79 Å². The third kappa shape index (κ3) is 2.20. The number of carbonyl (C=O) groups is 1. The lowest BCUT2D eigenvalue weighted by atomic mass is 9.97. The van der Waals surface area contributed by atoms with E-state index >= 15 is 0 Å². The van der Waals surface area contributed by atoms with Crippen molar-refractivity contribution in [1.82, 2.24) is 4.90 Å². The Morgan fingerprint density at radius 3 is 2.65 bits per heavy atom. The van der Waals surface area contributed by atoms with Crippen molar-refractivity contribution in [3.8, 4) is 0 Å². The first kappa shape index (κ1) is 11.8. The normalized spacial score (nSPS) is 19.0. The van der Waals surface area contributed by atoms with Crippen molar-refractivity contribution in [2.75, 3.05) is 0 Å². The summed E-state index contributed by atoms with van der Waals surface area (Å²) in [7, 11) is 0. The molecule has 1 aliphatic rings. The number of hydrogen-bond acceptors (Lipinski definition) is 3. The summed E-state index contributed by atoms with van der Waals surface area (Å²) in [6, 6.07) is 8.05. The Kier molecular flexibility index (Phi) is 3.22. The fourth-order valence-corrected chi connectivity index (χ4v) is 2.18. The average molecular weight is 231 g/mol. The first-order valence-corrected chi connectivity index (χ1v) is 5.87. The van der Waals surface area contributed by atoms with Gasteiger partial charge in [-0.25, -0.2) is 5.53 Å². The minimum Gasteiger partial charge on any atom is -0.314 e. The second kappa shape index (κ2) is 4.65. The Bertz CT molecular complexity index is 442. The smallest absolute Gasteiger partial charge is 0.227 e. The maximum atomic E-state index is 12.1. The molecule has 1 aromatic carbocycles. The number of nitrogens with one attached hydrogen (secondary N) is 1. The number of hydrogen-bond donors (Lipinski definition) is 1. The van der Waals surface area contributed by atoms with Crippen LogP contribution in [0.4, 0.5) is 0 Å². The van der Waals surface area contributed by atoms with E-state index in [1.54, 1.807) is 4.90 Å². The minimum absolute atomic E-state index is 0.0514. The van der Waals surface area contributed by atoms with Crippen LogP contribution in [-0.4, -0.2) is 17.0 Å². The summed E-state index contributed by atoms with van der Waals surface area (Å²) < 4.78 is 0. The molecule has 1 N–H and O–H groups in total.